The number of carbonyl (C=O) groups is 1. The Hall–Kier alpha value is -3.92. The van der Waals surface area contributed by atoms with Crippen LogP contribution in [-0.2, 0) is 9.47 Å². The Bertz CT molecular complexity index is 1270. The molecular formula is C28H33FN6O3. The third-order valence-electron chi connectivity index (χ3n) is 6.46. The number of anilines is 3. The van der Waals surface area contributed by atoms with Gasteiger partial charge in [-0.05, 0) is 61.6 Å². The SMILES string of the molecule is CCOC(=O)c1cc(-c2cnc(N(C)C3CCOCC3)nc2)c(C(=N)C(C)C)c(Nc2ccc(F)cc2)n1. The second-order valence-electron chi connectivity index (χ2n) is 9.43. The maximum absolute atomic E-state index is 13.5. The normalized spacial score (nSPS) is 13.8. The summed E-state index contributed by atoms with van der Waals surface area (Å²) in [5.41, 5.74) is 2.67. The Kier molecular flexibility index (Phi) is 8.62. The van der Waals surface area contributed by atoms with E-state index in [1.54, 1.807) is 37.5 Å². The van der Waals surface area contributed by atoms with Crippen LogP contribution >= 0.6 is 0 Å². The predicted molar refractivity (Wildman–Crippen MR) is 145 cm³/mol. The number of nitrogens with one attached hydrogen (secondary N) is 2. The van der Waals surface area contributed by atoms with Crippen molar-refractivity contribution in [1.82, 2.24) is 15.0 Å². The number of hydrogen-bond acceptors (Lipinski definition) is 9. The lowest BCUT2D eigenvalue weighted by atomic mass is 9.92. The van der Waals surface area contributed by atoms with Crippen LogP contribution in [-0.4, -0.2) is 59.5 Å². The number of benzene rings is 1. The Morgan fingerprint density at radius 3 is 2.47 bits per heavy atom. The largest absolute Gasteiger partial charge is 0.461 e. The van der Waals surface area contributed by atoms with E-state index in [0.717, 1.165) is 12.8 Å². The number of rotatable bonds is 9. The van der Waals surface area contributed by atoms with E-state index in [2.05, 4.69) is 25.2 Å². The summed E-state index contributed by atoms with van der Waals surface area (Å²) >= 11 is 0. The molecule has 0 aliphatic carbocycles. The molecule has 9 nitrogen and oxygen atoms in total. The Morgan fingerprint density at radius 2 is 1.87 bits per heavy atom. The fraction of sp³-hybridized carbons (Fsp3) is 0.393. The highest BCUT2D eigenvalue weighted by Gasteiger charge is 2.25. The fourth-order valence-electron chi connectivity index (χ4n) is 4.28. The summed E-state index contributed by atoms with van der Waals surface area (Å²) in [4.78, 5) is 28.6. The third kappa shape index (κ3) is 6.13. The minimum Gasteiger partial charge on any atom is -0.461 e. The summed E-state index contributed by atoms with van der Waals surface area (Å²) in [5.74, 6) is -0.222. The maximum Gasteiger partial charge on any atom is 0.357 e. The van der Waals surface area contributed by atoms with Crippen LogP contribution in [0.15, 0.2) is 42.7 Å². The minimum atomic E-state index is -0.588. The van der Waals surface area contributed by atoms with Gasteiger partial charge in [0.2, 0.25) is 5.95 Å². The molecule has 0 saturated carbocycles. The van der Waals surface area contributed by atoms with E-state index in [1.807, 2.05) is 20.9 Å². The van der Waals surface area contributed by atoms with E-state index >= 15 is 0 Å². The Morgan fingerprint density at radius 1 is 1.21 bits per heavy atom. The molecule has 0 bridgehead atoms. The lowest BCUT2D eigenvalue weighted by molar-refractivity contribution is 0.0519. The number of hydrogen-bond donors (Lipinski definition) is 2. The molecule has 4 rings (SSSR count). The summed E-state index contributed by atoms with van der Waals surface area (Å²) in [6, 6.07) is 7.70. The smallest absolute Gasteiger partial charge is 0.357 e. The van der Waals surface area contributed by atoms with Crippen LogP contribution < -0.4 is 10.2 Å². The molecule has 0 atom stereocenters. The van der Waals surface area contributed by atoms with Gasteiger partial charge < -0.3 is 25.1 Å². The van der Waals surface area contributed by atoms with Gasteiger partial charge in [0.15, 0.2) is 5.69 Å². The molecular weight excluding hydrogens is 487 g/mol. The van der Waals surface area contributed by atoms with Crippen molar-refractivity contribution in [1.29, 1.82) is 5.41 Å². The molecule has 1 aliphatic rings. The number of carbonyl (C=O) groups excluding carboxylic acids is 1. The summed E-state index contributed by atoms with van der Waals surface area (Å²) < 4.78 is 24.2. The van der Waals surface area contributed by atoms with Gasteiger partial charge in [-0.2, -0.15) is 0 Å². The van der Waals surface area contributed by atoms with Gasteiger partial charge in [0, 0.05) is 61.2 Å². The highest BCUT2D eigenvalue weighted by atomic mass is 19.1. The molecule has 2 aromatic heterocycles. The van der Waals surface area contributed by atoms with Gasteiger partial charge in [-0.15, -0.1) is 0 Å². The molecule has 0 amide bonds. The van der Waals surface area contributed by atoms with E-state index in [4.69, 9.17) is 14.9 Å². The molecule has 0 radical (unpaired) electrons. The number of nitrogens with zero attached hydrogens (tertiary/aromatic N) is 4. The summed E-state index contributed by atoms with van der Waals surface area (Å²) in [7, 11) is 1.97. The standard InChI is InChI=1S/C28H33FN6O3/c1-5-38-27(36)23-14-22(18-15-31-28(32-16-18)35(4)21-10-12-37-13-11-21)24(25(30)17(2)3)26(34-23)33-20-8-6-19(29)7-9-20/h6-9,14-17,21,30H,5,10-13H2,1-4H3,(H,33,34). The van der Waals surface area contributed by atoms with E-state index in [1.165, 1.54) is 12.1 Å². The second-order valence-corrected chi connectivity index (χ2v) is 9.43. The zero-order valence-corrected chi connectivity index (χ0v) is 22.1. The molecule has 2 N–H and O–H groups in total. The van der Waals surface area contributed by atoms with Crippen molar-refractivity contribution in [3.05, 3.63) is 59.8 Å². The topological polar surface area (TPSA) is 113 Å². The van der Waals surface area contributed by atoms with Crippen LogP contribution in [0.3, 0.4) is 0 Å². The summed E-state index contributed by atoms with van der Waals surface area (Å²) in [6.07, 6.45) is 5.20. The number of aromatic nitrogens is 3. The molecule has 3 heterocycles. The van der Waals surface area contributed by atoms with Gasteiger partial charge in [0.25, 0.3) is 0 Å². The van der Waals surface area contributed by atoms with Gasteiger partial charge in [-0.1, -0.05) is 13.8 Å². The van der Waals surface area contributed by atoms with Crippen LogP contribution in [0, 0.1) is 17.1 Å². The number of ether oxygens (including phenoxy) is 2. The van der Waals surface area contributed by atoms with Gasteiger partial charge in [-0.25, -0.2) is 24.1 Å². The van der Waals surface area contributed by atoms with Crippen LogP contribution in [0.4, 0.5) is 21.8 Å². The quantitative estimate of drug-likeness (QED) is 0.291. The van der Waals surface area contributed by atoms with Crippen molar-refractivity contribution < 1.29 is 18.7 Å². The predicted octanol–water partition coefficient (Wildman–Crippen LogP) is 5.24. The fourth-order valence-corrected chi connectivity index (χ4v) is 4.28. The van der Waals surface area contributed by atoms with E-state index < -0.39 is 5.97 Å². The monoisotopic (exact) mass is 520 g/mol. The number of esters is 1. The minimum absolute atomic E-state index is 0.0789. The molecule has 38 heavy (non-hydrogen) atoms. The molecule has 0 spiro atoms. The van der Waals surface area contributed by atoms with Crippen molar-refractivity contribution >= 4 is 29.1 Å². The Labute approximate surface area is 221 Å². The molecule has 1 fully saturated rings. The average Bonchev–Trinajstić information content (AvgIpc) is 2.93. The summed E-state index contributed by atoms with van der Waals surface area (Å²) in [6.45, 7) is 7.17. The highest BCUT2D eigenvalue weighted by Crippen LogP contribution is 2.33. The molecule has 0 unspecified atom stereocenters. The Balaban J connectivity index is 1.81. The van der Waals surface area contributed by atoms with Crippen molar-refractivity contribution in [3.8, 4) is 11.1 Å². The zero-order chi connectivity index (χ0) is 27.2. The molecule has 1 aliphatic heterocycles. The number of halogens is 1. The van der Waals surface area contributed by atoms with E-state index in [9.17, 15) is 9.18 Å². The summed E-state index contributed by atoms with van der Waals surface area (Å²) in [5, 5.41) is 12.1. The third-order valence-corrected chi connectivity index (χ3v) is 6.46. The van der Waals surface area contributed by atoms with Crippen molar-refractivity contribution in [2.45, 2.75) is 39.7 Å². The van der Waals surface area contributed by atoms with E-state index in [-0.39, 0.29) is 24.0 Å². The van der Waals surface area contributed by atoms with Gasteiger partial charge in [-0.3, -0.25) is 0 Å². The molecule has 200 valence electrons. The van der Waals surface area contributed by atoms with Crippen LogP contribution in [0.25, 0.3) is 11.1 Å². The van der Waals surface area contributed by atoms with Crippen LogP contribution in [0.2, 0.25) is 0 Å². The van der Waals surface area contributed by atoms with Gasteiger partial charge in [0.1, 0.15) is 11.6 Å². The molecule has 1 aromatic carbocycles. The van der Waals surface area contributed by atoms with Crippen LogP contribution in [0.5, 0.6) is 0 Å². The molecule has 3 aromatic rings. The first-order valence-electron chi connectivity index (χ1n) is 12.7. The highest BCUT2D eigenvalue weighted by molar-refractivity contribution is 6.10. The van der Waals surface area contributed by atoms with Gasteiger partial charge in [0.05, 0.1) is 6.61 Å². The maximum atomic E-state index is 13.5. The molecule has 10 heteroatoms. The second kappa shape index (κ2) is 12.1. The first kappa shape index (κ1) is 27.1. The first-order valence-corrected chi connectivity index (χ1v) is 12.7. The lowest BCUT2D eigenvalue weighted by Gasteiger charge is -2.31. The van der Waals surface area contributed by atoms with Crippen molar-refractivity contribution in [3.63, 3.8) is 0 Å². The lowest BCUT2D eigenvalue weighted by Crippen LogP contribution is -2.37. The number of pyridine rings is 1. The van der Waals surface area contributed by atoms with Crippen molar-refractivity contribution in [2.75, 3.05) is 37.1 Å². The van der Waals surface area contributed by atoms with Gasteiger partial charge >= 0.3 is 5.97 Å². The van der Waals surface area contributed by atoms with E-state index in [0.29, 0.717) is 59.1 Å². The van der Waals surface area contributed by atoms with Crippen molar-refractivity contribution in [2.24, 2.45) is 5.92 Å². The average molecular weight is 521 g/mol. The first-order chi connectivity index (χ1) is 18.3. The van der Waals surface area contributed by atoms with Crippen LogP contribution in [0.1, 0.15) is 49.7 Å². The molecule has 1 saturated heterocycles. The zero-order valence-electron chi connectivity index (χ0n) is 22.1.